The molecule has 0 spiro atoms. The third-order valence-corrected chi connectivity index (χ3v) is 3.61. The highest BCUT2D eigenvalue weighted by molar-refractivity contribution is 6.13. The molecule has 0 saturated heterocycles. The summed E-state index contributed by atoms with van der Waals surface area (Å²) in [6.45, 7) is 4.19. The molecule has 0 bridgehead atoms. The molecular weight excluding hydrogens is 266 g/mol. The van der Waals surface area contributed by atoms with E-state index in [4.69, 9.17) is 4.99 Å². The fourth-order valence-corrected chi connectivity index (χ4v) is 2.43. The second-order valence-electron chi connectivity index (χ2n) is 5.53. The average molecular weight is 285 g/mol. The molecule has 108 valence electrons. The second-order valence-corrected chi connectivity index (χ2v) is 5.53. The van der Waals surface area contributed by atoms with Gasteiger partial charge in [0.15, 0.2) is 0 Å². The van der Waals surface area contributed by atoms with Crippen molar-refractivity contribution in [2.45, 2.75) is 13.8 Å². The van der Waals surface area contributed by atoms with Crippen molar-refractivity contribution in [2.24, 2.45) is 4.99 Å². The van der Waals surface area contributed by atoms with Crippen molar-refractivity contribution in [3.63, 3.8) is 0 Å². The van der Waals surface area contributed by atoms with Crippen LogP contribution in [0.3, 0.4) is 0 Å². The highest BCUT2D eigenvalue weighted by Crippen LogP contribution is 2.19. The van der Waals surface area contributed by atoms with Gasteiger partial charge in [0.05, 0.1) is 11.4 Å². The summed E-state index contributed by atoms with van der Waals surface area (Å²) >= 11 is 0. The van der Waals surface area contributed by atoms with Crippen LogP contribution in [0.25, 0.3) is 0 Å². The van der Waals surface area contributed by atoms with E-state index in [1.807, 2.05) is 18.2 Å². The number of hydrogen-bond acceptors (Lipinski definition) is 1. The lowest BCUT2D eigenvalue weighted by atomic mass is 10.0. The molecule has 22 heavy (non-hydrogen) atoms. The van der Waals surface area contributed by atoms with Crippen molar-refractivity contribution in [3.8, 4) is 0 Å². The molecule has 3 rings (SSSR count). The highest BCUT2D eigenvalue weighted by atomic mass is 14.7. The van der Waals surface area contributed by atoms with Gasteiger partial charge in [-0.15, -0.1) is 0 Å². The quantitative estimate of drug-likeness (QED) is 0.566. The summed E-state index contributed by atoms with van der Waals surface area (Å²) in [4.78, 5) is 4.91. The Hall–Kier alpha value is -2.67. The van der Waals surface area contributed by atoms with Gasteiger partial charge in [-0.2, -0.15) is 0 Å². The molecule has 0 aliphatic rings. The zero-order chi connectivity index (χ0) is 15.4. The Morgan fingerprint density at radius 2 is 1.32 bits per heavy atom. The summed E-state index contributed by atoms with van der Waals surface area (Å²) in [5, 5.41) is 0. The van der Waals surface area contributed by atoms with Crippen LogP contribution in [-0.4, -0.2) is 5.71 Å². The topological polar surface area (TPSA) is 12.4 Å². The van der Waals surface area contributed by atoms with E-state index in [0.29, 0.717) is 0 Å². The van der Waals surface area contributed by atoms with E-state index in [-0.39, 0.29) is 0 Å². The molecule has 0 aromatic heterocycles. The van der Waals surface area contributed by atoms with Crippen LogP contribution < -0.4 is 0 Å². The second kappa shape index (κ2) is 6.40. The predicted octanol–water partition coefficient (Wildman–Crippen LogP) is 5.47. The van der Waals surface area contributed by atoms with Crippen molar-refractivity contribution < 1.29 is 0 Å². The summed E-state index contributed by atoms with van der Waals surface area (Å²) in [6.07, 6.45) is 0. The smallest absolute Gasteiger partial charge is 0.0781 e. The molecule has 3 aromatic carbocycles. The maximum atomic E-state index is 4.91. The molecule has 0 amide bonds. The van der Waals surface area contributed by atoms with E-state index >= 15 is 0 Å². The van der Waals surface area contributed by atoms with Crippen molar-refractivity contribution in [1.82, 2.24) is 0 Å². The number of benzene rings is 3. The van der Waals surface area contributed by atoms with Crippen molar-refractivity contribution in [2.75, 3.05) is 0 Å². The van der Waals surface area contributed by atoms with E-state index in [1.165, 1.54) is 11.1 Å². The van der Waals surface area contributed by atoms with Gasteiger partial charge in [0.2, 0.25) is 0 Å². The van der Waals surface area contributed by atoms with Gasteiger partial charge in [-0.25, -0.2) is 4.99 Å². The number of aryl methyl sites for hydroxylation is 2. The minimum absolute atomic E-state index is 0.986. The molecule has 0 aliphatic carbocycles. The van der Waals surface area contributed by atoms with Crippen LogP contribution in [0, 0.1) is 13.8 Å². The molecule has 1 heteroatoms. The average Bonchev–Trinajstić information content (AvgIpc) is 2.55. The van der Waals surface area contributed by atoms with Gasteiger partial charge in [0.25, 0.3) is 0 Å². The Morgan fingerprint density at radius 3 is 2.00 bits per heavy atom. The fraction of sp³-hybridized carbons (Fsp3) is 0.0952. The molecule has 0 aliphatic heterocycles. The van der Waals surface area contributed by atoms with Gasteiger partial charge in [-0.3, -0.25) is 0 Å². The Bertz CT molecular complexity index is 784. The molecule has 0 fully saturated rings. The molecule has 1 nitrogen and oxygen atoms in total. The molecular formula is C21H19N. The van der Waals surface area contributed by atoms with Crippen LogP contribution in [0.4, 0.5) is 5.69 Å². The summed E-state index contributed by atoms with van der Waals surface area (Å²) in [5.74, 6) is 0. The standard InChI is InChI=1S/C21H19N/c1-16-11-13-19(14-12-16)21(18-8-4-3-5-9-18)22-20-10-6-7-17(2)15-20/h3-15H,1-2H3/b22-21+. The maximum absolute atomic E-state index is 4.91. The lowest BCUT2D eigenvalue weighted by Crippen LogP contribution is -2.02. The van der Waals surface area contributed by atoms with Crippen molar-refractivity contribution in [3.05, 3.63) is 101 Å². The maximum Gasteiger partial charge on any atom is 0.0781 e. The third-order valence-electron chi connectivity index (χ3n) is 3.61. The van der Waals surface area contributed by atoms with E-state index in [0.717, 1.165) is 22.5 Å². The molecule has 0 atom stereocenters. The minimum Gasteiger partial charge on any atom is -0.248 e. The van der Waals surface area contributed by atoms with Crippen LogP contribution in [-0.2, 0) is 0 Å². The van der Waals surface area contributed by atoms with Crippen LogP contribution >= 0.6 is 0 Å². The van der Waals surface area contributed by atoms with Crippen LogP contribution in [0.5, 0.6) is 0 Å². The van der Waals surface area contributed by atoms with E-state index in [2.05, 4.69) is 74.5 Å². The number of nitrogens with zero attached hydrogens (tertiary/aromatic N) is 1. The monoisotopic (exact) mass is 285 g/mol. The molecule has 0 radical (unpaired) electrons. The third kappa shape index (κ3) is 3.32. The first kappa shape index (κ1) is 14.3. The molecule has 3 aromatic rings. The lowest BCUT2D eigenvalue weighted by Gasteiger charge is -2.08. The van der Waals surface area contributed by atoms with Gasteiger partial charge < -0.3 is 0 Å². The number of hydrogen-bond donors (Lipinski definition) is 0. The predicted molar refractivity (Wildman–Crippen MR) is 94.1 cm³/mol. The zero-order valence-corrected chi connectivity index (χ0v) is 13.0. The number of rotatable bonds is 3. The summed E-state index contributed by atoms with van der Waals surface area (Å²) in [6, 6.07) is 27.2. The molecule has 0 N–H and O–H groups in total. The van der Waals surface area contributed by atoms with Gasteiger partial charge >= 0.3 is 0 Å². The van der Waals surface area contributed by atoms with E-state index in [1.54, 1.807) is 0 Å². The normalized spacial score (nSPS) is 11.5. The summed E-state index contributed by atoms with van der Waals surface area (Å²) in [5.41, 5.74) is 6.74. The molecule has 0 unspecified atom stereocenters. The Morgan fingerprint density at radius 1 is 0.636 bits per heavy atom. The zero-order valence-electron chi connectivity index (χ0n) is 13.0. The Labute approximate surface area is 132 Å². The fourth-order valence-electron chi connectivity index (χ4n) is 2.43. The summed E-state index contributed by atoms with van der Waals surface area (Å²) < 4.78 is 0. The minimum atomic E-state index is 0.986. The number of aliphatic imine (C=N–C) groups is 1. The van der Waals surface area contributed by atoms with Crippen LogP contribution in [0.15, 0.2) is 83.9 Å². The Balaban J connectivity index is 2.13. The first-order valence-electron chi connectivity index (χ1n) is 7.50. The first-order valence-corrected chi connectivity index (χ1v) is 7.50. The van der Waals surface area contributed by atoms with Gasteiger partial charge in [0.1, 0.15) is 0 Å². The first-order chi connectivity index (χ1) is 10.7. The van der Waals surface area contributed by atoms with Crippen LogP contribution in [0.1, 0.15) is 22.3 Å². The largest absolute Gasteiger partial charge is 0.248 e. The molecule has 0 heterocycles. The van der Waals surface area contributed by atoms with Crippen molar-refractivity contribution >= 4 is 11.4 Å². The lowest BCUT2D eigenvalue weighted by molar-refractivity contribution is 1.41. The van der Waals surface area contributed by atoms with E-state index < -0.39 is 0 Å². The van der Waals surface area contributed by atoms with Crippen LogP contribution in [0.2, 0.25) is 0 Å². The molecule has 0 saturated carbocycles. The Kier molecular flexibility index (Phi) is 4.15. The summed E-state index contributed by atoms with van der Waals surface area (Å²) in [7, 11) is 0. The van der Waals surface area contributed by atoms with Gasteiger partial charge in [-0.05, 0) is 31.5 Å². The highest BCUT2D eigenvalue weighted by Gasteiger charge is 2.07. The van der Waals surface area contributed by atoms with Crippen molar-refractivity contribution in [1.29, 1.82) is 0 Å². The van der Waals surface area contributed by atoms with Gasteiger partial charge in [-0.1, -0.05) is 72.3 Å². The van der Waals surface area contributed by atoms with E-state index in [9.17, 15) is 0 Å². The van der Waals surface area contributed by atoms with Gasteiger partial charge in [0, 0.05) is 11.1 Å². The SMILES string of the molecule is Cc1ccc(/C(=N/c2cccc(C)c2)c2ccccc2)cc1.